The first-order valence-electron chi connectivity index (χ1n) is 7.05. The zero-order valence-corrected chi connectivity index (χ0v) is 12.8. The van der Waals surface area contributed by atoms with E-state index >= 15 is 0 Å². The molecule has 0 aliphatic carbocycles. The van der Waals surface area contributed by atoms with Gasteiger partial charge in [0.05, 0.1) is 10.7 Å². The van der Waals surface area contributed by atoms with E-state index < -0.39 is 5.82 Å². The number of carbonyl (C=O) groups is 1. The summed E-state index contributed by atoms with van der Waals surface area (Å²) in [5, 5.41) is 3.36. The van der Waals surface area contributed by atoms with Gasteiger partial charge in [0.1, 0.15) is 6.61 Å². The van der Waals surface area contributed by atoms with Crippen molar-refractivity contribution in [3.63, 3.8) is 0 Å². The van der Waals surface area contributed by atoms with Crippen LogP contribution in [0.25, 0.3) is 0 Å². The van der Waals surface area contributed by atoms with Gasteiger partial charge in [-0.25, -0.2) is 4.39 Å². The van der Waals surface area contributed by atoms with Gasteiger partial charge in [0, 0.05) is 31.7 Å². The van der Waals surface area contributed by atoms with Crippen LogP contribution in [0.2, 0.25) is 5.02 Å². The fourth-order valence-electron chi connectivity index (χ4n) is 3.41. The molecule has 0 aromatic heterocycles. The Hall–Kier alpha value is -1.33. The molecule has 6 heteroatoms. The number of benzene rings is 1. The number of piperidine rings is 1. The summed E-state index contributed by atoms with van der Waals surface area (Å²) < 4.78 is 19.1. The number of nitrogens with one attached hydrogen (secondary N) is 1. The minimum absolute atomic E-state index is 0.0219. The number of halogens is 2. The van der Waals surface area contributed by atoms with Gasteiger partial charge >= 0.3 is 0 Å². The fourth-order valence-corrected chi connectivity index (χ4v) is 3.57. The lowest BCUT2D eigenvalue weighted by molar-refractivity contribution is -0.138. The molecule has 0 saturated carbocycles. The highest BCUT2D eigenvalue weighted by molar-refractivity contribution is 6.31. The monoisotopic (exact) mass is 312 g/mol. The Morgan fingerprint density at radius 1 is 1.57 bits per heavy atom. The predicted molar refractivity (Wildman–Crippen MR) is 79.2 cm³/mol. The highest BCUT2D eigenvalue weighted by Crippen LogP contribution is 2.44. The third-order valence-electron chi connectivity index (χ3n) is 4.45. The van der Waals surface area contributed by atoms with Crippen molar-refractivity contribution >= 4 is 23.2 Å². The van der Waals surface area contributed by atoms with Crippen molar-refractivity contribution in [2.45, 2.75) is 31.3 Å². The molecular weight excluding hydrogens is 295 g/mol. The third-order valence-corrected chi connectivity index (χ3v) is 4.74. The average molecular weight is 313 g/mol. The summed E-state index contributed by atoms with van der Waals surface area (Å²) in [6.07, 6.45) is 0.784. The molecule has 1 N–H and O–H groups in total. The molecule has 1 fully saturated rings. The Morgan fingerprint density at radius 2 is 2.33 bits per heavy atom. The van der Waals surface area contributed by atoms with E-state index in [1.165, 1.54) is 7.11 Å². The minimum Gasteiger partial charge on any atom is -0.379 e. The summed E-state index contributed by atoms with van der Waals surface area (Å²) in [5.74, 6) is -0.318. The molecule has 3 atom stereocenters. The predicted octanol–water partition coefficient (Wildman–Crippen LogP) is 2.62. The number of anilines is 1. The lowest BCUT2D eigenvalue weighted by Gasteiger charge is -2.40. The number of nitrogens with zero attached hydrogens (tertiary/aromatic N) is 1. The van der Waals surface area contributed by atoms with Crippen molar-refractivity contribution in [1.82, 2.24) is 4.90 Å². The maximum atomic E-state index is 14.1. The number of hydrogen-bond donors (Lipinski definition) is 1. The summed E-state index contributed by atoms with van der Waals surface area (Å²) in [5.41, 5.74) is 1.40. The molecule has 1 aromatic carbocycles. The molecule has 1 aromatic rings. The highest BCUT2D eigenvalue weighted by atomic mass is 35.5. The van der Waals surface area contributed by atoms with Crippen molar-refractivity contribution in [1.29, 1.82) is 0 Å². The standard InChI is InChI=1S/C15H18ClFN2O2/c1-8-5-12-10(6-19(8)13(20)7-21-2)9-3-4-11(16)14(17)15(9)18-12/h3-4,8,10,12,18H,5-7H2,1-2H3/t8-,10?,12?/m0/s1. The van der Waals surface area contributed by atoms with Crippen molar-refractivity contribution in [3.05, 3.63) is 28.5 Å². The molecule has 2 aliphatic heterocycles. The van der Waals surface area contributed by atoms with Gasteiger partial charge in [0.15, 0.2) is 5.82 Å². The SMILES string of the molecule is COCC(=O)N1CC2c3ccc(Cl)c(F)c3NC2C[C@@H]1C. The van der Waals surface area contributed by atoms with Crippen LogP contribution in [-0.4, -0.2) is 43.2 Å². The second kappa shape index (κ2) is 5.46. The normalized spacial score (nSPS) is 27.0. The number of methoxy groups -OCH3 is 1. The highest BCUT2D eigenvalue weighted by Gasteiger charge is 2.42. The summed E-state index contributed by atoms with van der Waals surface area (Å²) in [4.78, 5) is 13.9. The summed E-state index contributed by atoms with van der Waals surface area (Å²) in [6, 6.07) is 3.69. The van der Waals surface area contributed by atoms with E-state index in [4.69, 9.17) is 16.3 Å². The van der Waals surface area contributed by atoms with Crippen LogP contribution in [0.5, 0.6) is 0 Å². The van der Waals surface area contributed by atoms with E-state index in [9.17, 15) is 9.18 Å². The second-order valence-corrected chi connectivity index (χ2v) is 6.15. The van der Waals surface area contributed by atoms with E-state index in [0.717, 1.165) is 12.0 Å². The number of ether oxygens (including phenoxy) is 1. The summed E-state index contributed by atoms with van der Waals surface area (Å²) in [7, 11) is 1.51. The number of carbonyl (C=O) groups excluding carboxylic acids is 1. The van der Waals surface area contributed by atoms with E-state index in [-0.39, 0.29) is 35.5 Å². The zero-order chi connectivity index (χ0) is 15.1. The van der Waals surface area contributed by atoms with Gasteiger partial charge < -0.3 is 15.0 Å². The lowest BCUT2D eigenvalue weighted by Crippen LogP contribution is -2.51. The molecule has 2 heterocycles. The van der Waals surface area contributed by atoms with Crippen LogP contribution in [0.15, 0.2) is 12.1 Å². The third kappa shape index (κ3) is 2.38. The van der Waals surface area contributed by atoms with Gasteiger partial charge in [-0.15, -0.1) is 0 Å². The van der Waals surface area contributed by atoms with Crippen LogP contribution >= 0.6 is 11.6 Å². The van der Waals surface area contributed by atoms with Gasteiger partial charge in [-0.05, 0) is 25.0 Å². The molecule has 2 aliphatic rings. The summed E-state index contributed by atoms with van der Waals surface area (Å²) >= 11 is 5.84. The first-order valence-corrected chi connectivity index (χ1v) is 7.43. The van der Waals surface area contributed by atoms with Crippen molar-refractivity contribution in [3.8, 4) is 0 Å². The number of hydrogen-bond acceptors (Lipinski definition) is 3. The van der Waals surface area contributed by atoms with Crippen LogP contribution in [-0.2, 0) is 9.53 Å². The first kappa shape index (κ1) is 14.6. The van der Waals surface area contributed by atoms with Gasteiger partial charge in [-0.2, -0.15) is 0 Å². The minimum atomic E-state index is -0.397. The molecule has 3 rings (SSSR count). The molecule has 114 valence electrons. The van der Waals surface area contributed by atoms with Crippen molar-refractivity contribution in [2.24, 2.45) is 0 Å². The van der Waals surface area contributed by atoms with Crippen molar-refractivity contribution < 1.29 is 13.9 Å². The van der Waals surface area contributed by atoms with Crippen molar-refractivity contribution in [2.75, 3.05) is 25.6 Å². The Morgan fingerprint density at radius 3 is 3.05 bits per heavy atom. The molecule has 1 saturated heterocycles. The molecular formula is C15H18ClFN2O2. The largest absolute Gasteiger partial charge is 0.379 e. The fraction of sp³-hybridized carbons (Fsp3) is 0.533. The molecule has 0 radical (unpaired) electrons. The topological polar surface area (TPSA) is 41.6 Å². The van der Waals surface area contributed by atoms with Gasteiger partial charge in [-0.3, -0.25) is 4.79 Å². The molecule has 0 bridgehead atoms. The average Bonchev–Trinajstić information content (AvgIpc) is 2.80. The number of likely N-dealkylation sites (tertiary alicyclic amines) is 1. The number of rotatable bonds is 2. The van der Waals surface area contributed by atoms with E-state index in [1.54, 1.807) is 6.07 Å². The van der Waals surface area contributed by atoms with Gasteiger partial charge in [0.2, 0.25) is 5.91 Å². The molecule has 21 heavy (non-hydrogen) atoms. The second-order valence-electron chi connectivity index (χ2n) is 5.75. The smallest absolute Gasteiger partial charge is 0.248 e. The number of amides is 1. The molecule has 1 amide bonds. The van der Waals surface area contributed by atoms with Crippen LogP contribution in [0.1, 0.15) is 24.8 Å². The Balaban J connectivity index is 1.88. The Kier molecular flexibility index (Phi) is 3.80. The summed E-state index contributed by atoms with van der Waals surface area (Å²) in [6.45, 7) is 2.67. The maximum absolute atomic E-state index is 14.1. The van der Waals surface area contributed by atoms with Gasteiger partial charge in [-0.1, -0.05) is 17.7 Å². The molecule has 0 spiro atoms. The zero-order valence-electron chi connectivity index (χ0n) is 12.0. The van der Waals surface area contributed by atoms with Crippen LogP contribution < -0.4 is 5.32 Å². The van der Waals surface area contributed by atoms with Crippen LogP contribution in [0.3, 0.4) is 0 Å². The van der Waals surface area contributed by atoms with Crippen LogP contribution in [0.4, 0.5) is 10.1 Å². The lowest BCUT2D eigenvalue weighted by atomic mass is 9.86. The quantitative estimate of drug-likeness (QED) is 0.913. The van der Waals surface area contributed by atoms with Crippen LogP contribution in [0, 0.1) is 5.82 Å². The Labute approximate surface area is 128 Å². The molecule has 4 nitrogen and oxygen atoms in total. The first-order chi connectivity index (χ1) is 10.0. The Bertz CT molecular complexity index is 581. The maximum Gasteiger partial charge on any atom is 0.248 e. The number of fused-ring (bicyclic) bond motifs is 3. The van der Waals surface area contributed by atoms with E-state index in [1.807, 2.05) is 17.9 Å². The van der Waals surface area contributed by atoms with E-state index in [0.29, 0.717) is 12.2 Å². The molecule has 2 unspecified atom stereocenters. The van der Waals surface area contributed by atoms with E-state index in [2.05, 4.69) is 5.32 Å². The van der Waals surface area contributed by atoms with Gasteiger partial charge in [0.25, 0.3) is 0 Å².